The van der Waals surface area contributed by atoms with E-state index in [0.29, 0.717) is 6.61 Å². The molecule has 0 heterocycles. The lowest BCUT2D eigenvalue weighted by Gasteiger charge is -2.08. The minimum Gasteiger partial charge on any atom is -0.494 e. The molecular formula is C15H17NOS. The van der Waals surface area contributed by atoms with Crippen LogP contribution in [0.25, 0.3) is 0 Å². The van der Waals surface area contributed by atoms with Gasteiger partial charge in [-0.15, -0.1) is 11.8 Å². The Kier molecular flexibility index (Phi) is 4.53. The predicted molar refractivity (Wildman–Crippen MR) is 78.0 cm³/mol. The van der Waals surface area contributed by atoms with Gasteiger partial charge in [-0.2, -0.15) is 0 Å². The number of hydrogen-bond donors (Lipinski definition) is 1. The van der Waals surface area contributed by atoms with Gasteiger partial charge < -0.3 is 10.5 Å². The van der Waals surface area contributed by atoms with Gasteiger partial charge in [-0.3, -0.25) is 0 Å². The number of benzene rings is 2. The molecule has 2 aromatic rings. The van der Waals surface area contributed by atoms with Gasteiger partial charge in [0, 0.05) is 22.4 Å². The van der Waals surface area contributed by atoms with Crippen LogP contribution in [-0.2, 0) is 5.75 Å². The Labute approximate surface area is 112 Å². The Morgan fingerprint density at radius 3 is 2.61 bits per heavy atom. The average Bonchev–Trinajstić information content (AvgIpc) is 2.37. The molecule has 2 N–H and O–H groups in total. The number of nitrogens with two attached hydrogens (primary N) is 1. The van der Waals surface area contributed by atoms with Crippen molar-refractivity contribution in [2.24, 2.45) is 0 Å². The van der Waals surface area contributed by atoms with Gasteiger partial charge in [-0.05, 0) is 24.6 Å². The van der Waals surface area contributed by atoms with Crippen LogP contribution < -0.4 is 10.5 Å². The molecular weight excluding hydrogens is 242 g/mol. The molecule has 0 saturated carbocycles. The highest BCUT2D eigenvalue weighted by Gasteiger charge is 2.01. The van der Waals surface area contributed by atoms with Crippen molar-refractivity contribution in [3.8, 4) is 5.75 Å². The highest BCUT2D eigenvalue weighted by atomic mass is 32.2. The van der Waals surface area contributed by atoms with E-state index < -0.39 is 0 Å². The first-order chi connectivity index (χ1) is 8.78. The molecule has 0 aliphatic carbocycles. The molecule has 94 valence electrons. The summed E-state index contributed by atoms with van der Waals surface area (Å²) in [6.45, 7) is 2.63. The zero-order chi connectivity index (χ0) is 12.8. The summed E-state index contributed by atoms with van der Waals surface area (Å²) in [6, 6.07) is 16.3. The van der Waals surface area contributed by atoms with E-state index in [1.54, 1.807) is 11.8 Å². The summed E-state index contributed by atoms with van der Waals surface area (Å²) < 4.78 is 5.49. The van der Waals surface area contributed by atoms with Crippen molar-refractivity contribution in [1.82, 2.24) is 0 Å². The SMILES string of the molecule is CCOc1cc(N)cc(SCc2ccccc2)c1. The molecule has 3 heteroatoms. The Balaban J connectivity index is 2.05. The Hall–Kier alpha value is -1.61. The molecule has 0 bridgehead atoms. The molecule has 0 unspecified atom stereocenters. The summed E-state index contributed by atoms with van der Waals surface area (Å²) in [5, 5.41) is 0. The van der Waals surface area contributed by atoms with Gasteiger partial charge in [0.15, 0.2) is 0 Å². The van der Waals surface area contributed by atoms with Crippen LogP contribution in [0.1, 0.15) is 12.5 Å². The Morgan fingerprint density at radius 2 is 1.89 bits per heavy atom. The van der Waals surface area contributed by atoms with Crippen molar-refractivity contribution in [1.29, 1.82) is 0 Å². The summed E-state index contributed by atoms with van der Waals surface area (Å²) in [7, 11) is 0. The first kappa shape index (κ1) is 12.8. The summed E-state index contributed by atoms with van der Waals surface area (Å²) in [5.74, 6) is 1.78. The predicted octanol–water partition coefficient (Wildman–Crippen LogP) is 3.96. The van der Waals surface area contributed by atoms with Crippen molar-refractivity contribution in [2.45, 2.75) is 17.6 Å². The van der Waals surface area contributed by atoms with Crippen LogP contribution in [0.4, 0.5) is 5.69 Å². The molecule has 0 saturated heterocycles. The van der Waals surface area contributed by atoms with E-state index in [9.17, 15) is 0 Å². The molecule has 2 rings (SSSR count). The van der Waals surface area contributed by atoms with E-state index in [1.165, 1.54) is 5.56 Å². The highest BCUT2D eigenvalue weighted by molar-refractivity contribution is 7.98. The standard InChI is InChI=1S/C15H17NOS/c1-2-17-14-8-13(16)9-15(10-14)18-11-12-6-4-3-5-7-12/h3-10H,2,11,16H2,1H3. The summed E-state index contributed by atoms with van der Waals surface area (Å²) in [4.78, 5) is 1.14. The second-order valence-electron chi connectivity index (χ2n) is 3.95. The van der Waals surface area contributed by atoms with Crippen LogP contribution in [0, 0.1) is 0 Å². The molecule has 0 aromatic heterocycles. The van der Waals surface area contributed by atoms with Gasteiger partial charge >= 0.3 is 0 Å². The van der Waals surface area contributed by atoms with Crippen LogP contribution in [0.2, 0.25) is 0 Å². The number of thioether (sulfide) groups is 1. The summed E-state index contributed by atoms with van der Waals surface area (Å²) >= 11 is 1.77. The average molecular weight is 259 g/mol. The maximum atomic E-state index is 5.87. The maximum Gasteiger partial charge on any atom is 0.122 e. The molecule has 0 atom stereocenters. The molecule has 0 aliphatic heterocycles. The zero-order valence-electron chi connectivity index (χ0n) is 10.4. The van der Waals surface area contributed by atoms with E-state index in [4.69, 9.17) is 10.5 Å². The van der Waals surface area contributed by atoms with Gasteiger partial charge in [0.05, 0.1) is 6.61 Å². The van der Waals surface area contributed by atoms with Crippen molar-refractivity contribution in [3.05, 3.63) is 54.1 Å². The minimum atomic E-state index is 0.659. The normalized spacial score (nSPS) is 10.3. The largest absolute Gasteiger partial charge is 0.494 e. The second-order valence-corrected chi connectivity index (χ2v) is 4.99. The first-order valence-corrected chi connectivity index (χ1v) is 6.96. The van der Waals surface area contributed by atoms with Gasteiger partial charge in [-0.25, -0.2) is 0 Å². The van der Waals surface area contributed by atoms with E-state index in [0.717, 1.165) is 22.1 Å². The molecule has 2 aromatic carbocycles. The molecule has 0 amide bonds. The van der Waals surface area contributed by atoms with Crippen LogP contribution in [0.5, 0.6) is 5.75 Å². The van der Waals surface area contributed by atoms with Crippen LogP contribution in [0.3, 0.4) is 0 Å². The summed E-state index contributed by atoms with van der Waals surface area (Å²) in [6.07, 6.45) is 0. The third-order valence-corrected chi connectivity index (χ3v) is 3.51. The van der Waals surface area contributed by atoms with Crippen LogP contribution in [0.15, 0.2) is 53.4 Å². The summed E-state index contributed by atoms with van der Waals surface area (Å²) in [5.41, 5.74) is 7.92. The number of nitrogen functional groups attached to an aromatic ring is 1. The lowest BCUT2D eigenvalue weighted by molar-refractivity contribution is 0.339. The van der Waals surface area contributed by atoms with E-state index in [2.05, 4.69) is 24.3 Å². The smallest absolute Gasteiger partial charge is 0.122 e. The zero-order valence-corrected chi connectivity index (χ0v) is 11.2. The van der Waals surface area contributed by atoms with Crippen molar-refractivity contribution in [3.63, 3.8) is 0 Å². The molecule has 0 radical (unpaired) electrons. The lowest BCUT2D eigenvalue weighted by Crippen LogP contribution is -1.94. The Morgan fingerprint density at radius 1 is 1.11 bits per heavy atom. The molecule has 0 spiro atoms. The van der Waals surface area contributed by atoms with E-state index in [1.807, 2.05) is 31.2 Å². The lowest BCUT2D eigenvalue weighted by atomic mass is 10.2. The molecule has 2 nitrogen and oxygen atoms in total. The second kappa shape index (κ2) is 6.36. The van der Waals surface area contributed by atoms with Crippen molar-refractivity contribution in [2.75, 3.05) is 12.3 Å². The highest BCUT2D eigenvalue weighted by Crippen LogP contribution is 2.29. The molecule has 0 fully saturated rings. The van der Waals surface area contributed by atoms with Gasteiger partial charge in [0.1, 0.15) is 5.75 Å². The monoisotopic (exact) mass is 259 g/mol. The van der Waals surface area contributed by atoms with Gasteiger partial charge in [-0.1, -0.05) is 30.3 Å². The van der Waals surface area contributed by atoms with Crippen molar-refractivity contribution >= 4 is 17.4 Å². The minimum absolute atomic E-state index is 0.659. The fourth-order valence-corrected chi connectivity index (χ4v) is 2.61. The topological polar surface area (TPSA) is 35.2 Å². The number of anilines is 1. The number of hydrogen-bond acceptors (Lipinski definition) is 3. The van der Waals surface area contributed by atoms with Gasteiger partial charge in [0.25, 0.3) is 0 Å². The fraction of sp³-hybridized carbons (Fsp3) is 0.200. The van der Waals surface area contributed by atoms with Crippen molar-refractivity contribution < 1.29 is 4.74 Å². The number of rotatable bonds is 5. The number of ether oxygens (including phenoxy) is 1. The first-order valence-electron chi connectivity index (χ1n) is 5.98. The maximum absolute atomic E-state index is 5.87. The quantitative estimate of drug-likeness (QED) is 0.652. The van der Waals surface area contributed by atoms with Crippen LogP contribution in [-0.4, -0.2) is 6.61 Å². The van der Waals surface area contributed by atoms with Gasteiger partial charge in [0.2, 0.25) is 0 Å². The third-order valence-electron chi connectivity index (χ3n) is 2.46. The molecule has 18 heavy (non-hydrogen) atoms. The Bertz CT molecular complexity index is 499. The van der Waals surface area contributed by atoms with E-state index in [-0.39, 0.29) is 0 Å². The van der Waals surface area contributed by atoms with E-state index >= 15 is 0 Å². The third kappa shape index (κ3) is 3.70. The fourth-order valence-electron chi connectivity index (χ4n) is 1.67. The molecule has 0 aliphatic rings. The van der Waals surface area contributed by atoms with Crippen LogP contribution >= 0.6 is 11.8 Å².